The van der Waals surface area contributed by atoms with Crippen LogP contribution in [0.3, 0.4) is 0 Å². The Hall–Kier alpha value is -7.32. The minimum absolute atomic E-state index is 0. The first-order chi connectivity index (χ1) is 56.4. The first-order valence-corrected chi connectivity index (χ1v) is 44.1. The van der Waals surface area contributed by atoms with Crippen LogP contribution in [0.1, 0.15) is 100 Å². The highest BCUT2D eigenvalue weighted by Gasteiger charge is 2.42. The molecule has 5 fully saturated rings. The third-order valence-corrected chi connectivity index (χ3v) is 21.4. The van der Waals surface area contributed by atoms with E-state index in [1.165, 1.54) is 60.2 Å². The number of hydrogen-bond acceptors (Lipinski definition) is 42. The van der Waals surface area contributed by atoms with Crippen LogP contribution in [-0.2, 0) is 134 Å². The molecule has 1 N–H and O–H groups in total. The average Bonchev–Trinajstić information content (AvgIpc) is 0.965. The van der Waals surface area contributed by atoms with E-state index in [0.29, 0.717) is 89.4 Å². The van der Waals surface area contributed by atoms with Crippen molar-refractivity contribution in [1.82, 2.24) is 0 Å². The van der Waals surface area contributed by atoms with E-state index in [1.807, 2.05) is 24.3 Å². The number of hydrogen-bond donors (Lipinski definition) is 5. The van der Waals surface area contributed by atoms with Gasteiger partial charge in [0.25, 0.3) is 0 Å². The first kappa shape index (κ1) is 105. The Bertz CT molecular complexity index is 3100. The van der Waals surface area contributed by atoms with Gasteiger partial charge in [0.15, 0.2) is 11.7 Å². The molecule has 662 valence electrons. The Kier molecular flexibility index (Phi) is 54.2. The smallest absolute Gasteiger partial charge is 0.465 e. The van der Waals surface area contributed by atoms with E-state index in [0.717, 1.165) is 0 Å². The molecule has 0 spiro atoms. The second kappa shape index (κ2) is 61.0. The molecule has 118 heavy (non-hydrogen) atoms. The second-order valence-electron chi connectivity index (χ2n) is 25.7. The zero-order valence-electron chi connectivity index (χ0n) is 64.7. The van der Waals surface area contributed by atoms with Crippen molar-refractivity contribution in [3.8, 4) is 0 Å². The Morgan fingerprint density at radius 2 is 0.653 bits per heavy atom. The highest BCUT2D eigenvalue weighted by molar-refractivity contribution is 7.99. The SMILES string of the molecule is C.C=CC1COC(=O)O1.COC(CO)(C(=O)c1ccccc1)c1ccccc1.O=C(CCS)OCC(COC(=O)CCS)(COC(=O)CCS)COC(=O)CCS.O=C(CCSCCC1COC(=O)O1)OCC(COC(=O)CCSCCC1COC(=O)O1)(COC(=O)CCSCCC1COC(=O)O1)COC(=O)CCSCCC1COC(=O)O1. The summed E-state index contributed by atoms with van der Waals surface area (Å²) in [6.45, 7) is 1.27. The summed E-state index contributed by atoms with van der Waals surface area (Å²) < 4.78 is 97.0. The minimum atomic E-state index is -1.46. The molecular formula is C76H106O34S8. The molecular weight excluding hydrogens is 1710 g/mol. The molecule has 0 saturated carbocycles. The number of thiol groups is 4. The van der Waals surface area contributed by atoms with Crippen LogP contribution in [0.15, 0.2) is 73.3 Å². The van der Waals surface area contributed by atoms with Gasteiger partial charge in [-0.25, -0.2) is 24.0 Å². The van der Waals surface area contributed by atoms with Gasteiger partial charge in [-0.3, -0.25) is 43.2 Å². The number of rotatable bonds is 54. The Morgan fingerprint density at radius 1 is 0.398 bits per heavy atom. The molecule has 0 amide bonds. The van der Waals surface area contributed by atoms with Crippen molar-refractivity contribution in [2.24, 2.45) is 10.8 Å². The van der Waals surface area contributed by atoms with Crippen LogP contribution in [0, 0.1) is 10.8 Å². The summed E-state index contributed by atoms with van der Waals surface area (Å²) in [5.74, 6) is 0.389. The maximum Gasteiger partial charge on any atom is 0.509 e. The van der Waals surface area contributed by atoms with Crippen molar-refractivity contribution in [3.05, 3.63) is 84.4 Å². The lowest BCUT2D eigenvalue weighted by atomic mass is 9.86. The van der Waals surface area contributed by atoms with Crippen LogP contribution in [0.5, 0.6) is 0 Å². The molecule has 34 nitrogen and oxygen atoms in total. The molecule has 0 bridgehead atoms. The van der Waals surface area contributed by atoms with Gasteiger partial charge in [0.1, 0.15) is 121 Å². The third kappa shape index (κ3) is 43.8. The Morgan fingerprint density at radius 3 is 0.864 bits per heavy atom. The molecule has 7 rings (SSSR count). The summed E-state index contributed by atoms with van der Waals surface area (Å²) in [5, 5.41) is 9.72. The Balaban J connectivity index is 0.000000514. The van der Waals surface area contributed by atoms with Crippen molar-refractivity contribution in [2.75, 3.05) is 169 Å². The number of thioether (sulfide) groups is 4. The standard InChI is InChI=1S/C37H52O20S4.C17H28O8S4.C16H16O3.C5H6O3.CH4/c38-29(5-13-58-9-1-25-17-46-33(42)54-25)50-21-37(22-51-30(39)6-14-59-10-2-26-18-47-34(43)55-26,23-52-31(40)7-15-60-11-3-27-19-48-35(44)56-27)24-53-32(41)8-16-61-12-4-28-20-49-36(45)57-28;18-13(1-5-26)22-9-17(10-23-14(19)2-6-27,11-24-15(20)3-7-28)12-25-16(21)4-8-29;1-19-16(12-17,14-10-6-3-7-11-14)15(18)13-8-4-2-5-9-13;1-2-4-3-7-5(6)8-4;/h25-28H,1-24H2;26-29H,1-12H2;2-11,17H,12H2,1H3;2,4H,1,3H2;1H4. The van der Waals surface area contributed by atoms with Gasteiger partial charge in [-0.05, 0) is 60.3 Å². The summed E-state index contributed by atoms with van der Waals surface area (Å²) in [4.78, 5) is 166. The molecule has 2 aromatic carbocycles. The zero-order chi connectivity index (χ0) is 85.5. The molecule has 0 aliphatic carbocycles. The van der Waals surface area contributed by atoms with Crippen LogP contribution in [-0.4, -0.2) is 289 Å². The van der Waals surface area contributed by atoms with E-state index in [4.69, 9.17) is 80.5 Å². The fourth-order valence-electron chi connectivity index (χ4n) is 9.79. The number of ketones is 1. The molecule has 2 aromatic rings. The van der Waals surface area contributed by atoms with Crippen LogP contribution >= 0.6 is 97.6 Å². The van der Waals surface area contributed by atoms with Gasteiger partial charge >= 0.3 is 78.5 Å². The van der Waals surface area contributed by atoms with Gasteiger partial charge in [0.2, 0.25) is 5.78 Å². The van der Waals surface area contributed by atoms with E-state index in [9.17, 15) is 72.2 Å². The van der Waals surface area contributed by atoms with Gasteiger partial charge in [-0.1, -0.05) is 74.7 Å². The largest absolute Gasteiger partial charge is 0.509 e. The van der Waals surface area contributed by atoms with E-state index < -0.39 is 128 Å². The number of carbonyl (C=O) groups excluding carboxylic acids is 14. The molecule has 5 saturated heterocycles. The molecule has 6 unspecified atom stereocenters. The summed E-state index contributed by atoms with van der Waals surface area (Å²) in [5.41, 5.74) is -2.90. The molecule has 6 atom stereocenters. The van der Waals surface area contributed by atoms with Crippen molar-refractivity contribution in [1.29, 1.82) is 0 Å². The van der Waals surface area contributed by atoms with Crippen molar-refractivity contribution in [2.45, 2.75) is 121 Å². The summed E-state index contributed by atoms with van der Waals surface area (Å²) in [7, 11) is 1.43. The van der Waals surface area contributed by atoms with Crippen molar-refractivity contribution >= 4 is 182 Å². The number of Topliss-reactive ketones (excluding diaryl/α,β-unsaturated/α-hetero) is 1. The number of ether oxygens (including phenoxy) is 19. The highest BCUT2D eigenvalue weighted by Crippen LogP contribution is 2.31. The molecule has 5 aliphatic rings. The van der Waals surface area contributed by atoms with E-state index >= 15 is 0 Å². The van der Waals surface area contributed by atoms with E-state index in [1.54, 1.807) is 36.4 Å². The van der Waals surface area contributed by atoms with Gasteiger partial charge in [0.05, 0.1) is 58.0 Å². The number of methoxy groups -OCH3 is 1. The van der Waals surface area contributed by atoms with Gasteiger partial charge in [0, 0.05) is 58.7 Å². The van der Waals surface area contributed by atoms with Gasteiger partial charge in [-0.2, -0.15) is 97.6 Å². The fourth-order valence-corrected chi connectivity index (χ4v) is 14.3. The van der Waals surface area contributed by atoms with Gasteiger partial charge < -0.3 is 95.1 Å². The van der Waals surface area contributed by atoms with Crippen LogP contribution in [0.25, 0.3) is 0 Å². The third-order valence-electron chi connectivity index (χ3n) is 16.4. The lowest BCUT2D eigenvalue weighted by Crippen LogP contribution is -2.44. The summed E-state index contributed by atoms with van der Waals surface area (Å²) in [6, 6.07) is 17.9. The quantitative estimate of drug-likeness (QED) is 0.0103. The predicted octanol–water partition coefficient (Wildman–Crippen LogP) is 9.51. The number of benzene rings is 2. The maximum absolute atomic E-state index is 13.0. The van der Waals surface area contributed by atoms with Crippen molar-refractivity contribution < 1.29 is 162 Å². The monoisotopic (exact) mass is 1820 g/mol. The molecule has 0 radical (unpaired) electrons. The van der Waals surface area contributed by atoms with Crippen LogP contribution in [0.2, 0.25) is 0 Å². The maximum atomic E-state index is 13.0. The fraction of sp³-hybridized carbons (Fsp3) is 0.632. The second-order valence-corrected chi connectivity index (χ2v) is 32.4. The number of aliphatic hydroxyl groups is 1. The topological polar surface area (TPSA) is 435 Å². The molecule has 42 heteroatoms. The lowest BCUT2D eigenvalue weighted by Gasteiger charge is -2.31. The van der Waals surface area contributed by atoms with E-state index in [2.05, 4.69) is 66.6 Å². The normalized spacial score (nSPS) is 17.7. The van der Waals surface area contributed by atoms with Gasteiger partial charge in [-0.15, -0.1) is 0 Å². The average molecular weight is 1820 g/mol. The number of cyclic esters (lactones) is 10. The first-order valence-electron chi connectivity index (χ1n) is 37.0. The molecule has 5 aliphatic heterocycles. The summed E-state index contributed by atoms with van der Waals surface area (Å²) >= 11 is 21.7. The van der Waals surface area contributed by atoms with Crippen molar-refractivity contribution in [3.63, 3.8) is 0 Å². The highest BCUT2D eigenvalue weighted by atomic mass is 32.2. The van der Waals surface area contributed by atoms with E-state index in [-0.39, 0.29) is 171 Å². The lowest BCUT2D eigenvalue weighted by molar-refractivity contribution is -0.173. The number of carbonyl (C=O) groups is 14. The minimum Gasteiger partial charge on any atom is -0.465 e. The van der Waals surface area contributed by atoms with Crippen LogP contribution in [0.4, 0.5) is 24.0 Å². The number of aliphatic hydroxyl groups excluding tert-OH is 1. The predicted molar refractivity (Wildman–Crippen MR) is 444 cm³/mol. The Labute approximate surface area is 723 Å². The zero-order valence-corrected chi connectivity index (χ0v) is 71.5. The molecule has 5 heterocycles. The summed E-state index contributed by atoms with van der Waals surface area (Å²) in [6.07, 6.45) is -0.982. The van der Waals surface area contributed by atoms with Crippen LogP contribution < -0.4 is 0 Å². The number of esters is 8. The molecule has 0 aromatic heterocycles.